The fraction of sp³-hybridized carbons (Fsp3) is 0.0690. The van der Waals surface area contributed by atoms with Gasteiger partial charge in [-0.1, -0.05) is 188 Å². The summed E-state index contributed by atoms with van der Waals surface area (Å²) in [5.41, 5.74) is 18.2. The molecule has 0 spiro atoms. The Morgan fingerprint density at radius 3 is 1.42 bits per heavy atom. The molecule has 1 aliphatic carbocycles. The number of benzene rings is 8. The van der Waals surface area contributed by atoms with Crippen LogP contribution in [0.1, 0.15) is 25.3 Å². The number of rotatable bonds is 8. The van der Waals surface area contributed by atoms with Crippen molar-refractivity contribution in [2.45, 2.75) is 26.3 Å². The molecule has 10 aromatic rings. The van der Waals surface area contributed by atoms with Crippen molar-refractivity contribution >= 4 is 38.2 Å². The van der Waals surface area contributed by atoms with Crippen molar-refractivity contribution in [1.82, 2.24) is 9.13 Å². The molecule has 0 saturated heterocycles. The zero-order chi connectivity index (χ0) is 40.0. The second-order valence-electron chi connectivity index (χ2n) is 15.7. The lowest BCUT2D eigenvalue weighted by Gasteiger charge is -2.25. The molecule has 2 heterocycles. The van der Waals surface area contributed by atoms with Crippen molar-refractivity contribution in [3.05, 3.63) is 218 Å². The highest BCUT2D eigenvalue weighted by atomic mass is 15.0. The summed E-state index contributed by atoms with van der Waals surface area (Å²) in [5.74, 6) is 0. The van der Waals surface area contributed by atoms with Gasteiger partial charge in [0, 0.05) is 50.4 Å². The first kappa shape index (κ1) is 35.7. The van der Waals surface area contributed by atoms with Crippen LogP contribution >= 0.6 is 0 Å². The Bertz CT molecular complexity index is 3240. The molecule has 0 saturated carbocycles. The predicted molar refractivity (Wildman–Crippen MR) is 255 cm³/mol. The lowest BCUT2D eigenvalue weighted by molar-refractivity contribution is 0.827. The minimum Gasteiger partial charge on any atom is -0.341 e. The van der Waals surface area contributed by atoms with Gasteiger partial charge in [-0.15, -0.1) is 0 Å². The summed E-state index contributed by atoms with van der Waals surface area (Å²) in [5, 5.41) is 5.04. The summed E-state index contributed by atoms with van der Waals surface area (Å²) < 4.78 is 5.04. The Balaban J connectivity index is 1.46. The van der Waals surface area contributed by atoms with E-state index in [2.05, 4.69) is 228 Å². The molecule has 2 aromatic heterocycles. The Kier molecular flexibility index (Phi) is 8.97. The molecule has 0 fully saturated rings. The van der Waals surface area contributed by atoms with Crippen LogP contribution in [0.5, 0.6) is 0 Å². The number of hydrogen-bond donors (Lipinski definition) is 0. The van der Waals surface area contributed by atoms with Crippen LogP contribution in [0.15, 0.2) is 212 Å². The highest BCUT2D eigenvalue weighted by Crippen LogP contribution is 2.56. The van der Waals surface area contributed by atoms with E-state index in [1.807, 2.05) is 0 Å². The molecule has 286 valence electrons. The number of aryl methyl sites for hydroxylation is 1. The molecule has 8 aromatic carbocycles. The highest BCUT2D eigenvalue weighted by molar-refractivity contribution is 6.24. The first-order valence-electron chi connectivity index (χ1n) is 21.2. The van der Waals surface area contributed by atoms with Gasteiger partial charge in [-0.25, -0.2) is 0 Å². The smallest absolute Gasteiger partial charge is 0.0620 e. The van der Waals surface area contributed by atoms with Crippen molar-refractivity contribution in [2.24, 2.45) is 0 Å². The molecular formula is C58H44N2. The van der Waals surface area contributed by atoms with E-state index in [0.717, 1.165) is 25.1 Å². The number of allylic oxidation sites excluding steroid dienone is 4. The summed E-state index contributed by atoms with van der Waals surface area (Å²) >= 11 is 0. The fourth-order valence-electron chi connectivity index (χ4n) is 9.85. The summed E-state index contributed by atoms with van der Waals surface area (Å²) in [6, 6.07) is 71.5. The van der Waals surface area contributed by atoms with Gasteiger partial charge in [0.05, 0.1) is 11.4 Å². The molecule has 0 atom stereocenters. The van der Waals surface area contributed by atoms with E-state index in [1.165, 1.54) is 99.6 Å². The number of nitrogens with zero attached hydrogens (tertiary/aromatic N) is 2. The molecule has 0 amide bonds. The van der Waals surface area contributed by atoms with E-state index in [1.54, 1.807) is 0 Å². The van der Waals surface area contributed by atoms with Gasteiger partial charge >= 0.3 is 0 Å². The SMILES string of the molecule is CCn1c2ccccc2c2cc(-n3c(-c4ccccc4)c4c(C5=CCCC=C5)c(-c5ccccc5)c(-c5ccccc5)c(-c5ccccc5)c4c3-c3ccccc3)ccc21. The standard InChI is InChI=1S/C58H44N2/c1-2-59-49-36-22-21-35-47(49)48-39-46(37-38-50(48)59)60-57(44-31-17-7-18-32-44)55-53(42-27-13-5-14-28-42)51(40-23-9-3-10-24-40)52(41-25-11-4-12-26-41)54(43-29-15-6-16-30-43)56(55)58(60)45-33-19-8-20-34-45/h3-5,7-15,17-39H,2,6,16H2,1H3. The van der Waals surface area contributed by atoms with Gasteiger partial charge in [-0.05, 0) is 94.1 Å². The Hall–Kier alpha value is -7.42. The van der Waals surface area contributed by atoms with Crippen molar-refractivity contribution in [1.29, 1.82) is 0 Å². The average Bonchev–Trinajstić information content (AvgIpc) is 3.85. The van der Waals surface area contributed by atoms with Gasteiger partial charge in [0.2, 0.25) is 0 Å². The van der Waals surface area contributed by atoms with E-state index in [9.17, 15) is 0 Å². The van der Waals surface area contributed by atoms with Gasteiger partial charge < -0.3 is 9.13 Å². The lowest BCUT2D eigenvalue weighted by Crippen LogP contribution is -2.01. The minimum absolute atomic E-state index is 0.901. The van der Waals surface area contributed by atoms with E-state index in [0.29, 0.717) is 0 Å². The van der Waals surface area contributed by atoms with Crippen molar-refractivity contribution in [2.75, 3.05) is 0 Å². The van der Waals surface area contributed by atoms with Gasteiger partial charge in [-0.2, -0.15) is 0 Å². The molecule has 60 heavy (non-hydrogen) atoms. The van der Waals surface area contributed by atoms with Crippen LogP contribution in [0.2, 0.25) is 0 Å². The first-order chi connectivity index (χ1) is 29.8. The lowest BCUT2D eigenvalue weighted by atomic mass is 9.77. The largest absolute Gasteiger partial charge is 0.341 e. The Morgan fingerprint density at radius 1 is 0.417 bits per heavy atom. The molecule has 2 nitrogen and oxygen atoms in total. The molecule has 0 aliphatic heterocycles. The quantitative estimate of drug-likeness (QED) is 0.146. The monoisotopic (exact) mass is 768 g/mol. The van der Waals surface area contributed by atoms with Crippen molar-refractivity contribution in [3.8, 4) is 61.6 Å². The van der Waals surface area contributed by atoms with Gasteiger partial charge in [0.1, 0.15) is 0 Å². The molecular weight excluding hydrogens is 725 g/mol. The van der Waals surface area contributed by atoms with Crippen LogP contribution in [-0.4, -0.2) is 9.13 Å². The van der Waals surface area contributed by atoms with E-state index < -0.39 is 0 Å². The molecule has 11 rings (SSSR count). The van der Waals surface area contributed by atoms with Crippen molar-refractivity contribution in [3.63, 3.8) is 0 Å². The van der Waals surface area contributed by atoms with Crippen LogP contribution in [-0.2, 0) is 6.54 Å². The van der Waals surface area contributed by atoms with E-state index >= 15 is 0 Å². The zero-order valence-corrected chi connectivity index (χ0v) is 33.7. The third kappa shape index (κ3) is 5.79. The topological polar surface area (TPSA) is 9.86 Å². The second-order valence-corrected chi connectivity index (χ2v) is 15.7. The summed E-state index contributed by atoms with van der Waals surface area (Å²) in [4.78, 5) is 0. The summed E-state index contributed by atoms with van der Waals surface area (Å²) in [6.07, 6.45) is 9.24. The van der Waals surface area contributed by atoms with E-state index in [4.69, 9.17) is 0 Å². The molecule has 1 aliphatic rings. The van der Waals surface area contributed by atoms with Crippen LogP contribution in [0, 0.1) is 0 Å². The molecule has 0 unspecified atom stereocenters. The van der Waals surface area contributed by atoms with Gasteiger partial charge in [0.15, 0.2) is 0 Å². The van der Waals surface area contributed by atoms with Crippen LogP contribution < -0.4 is 0 Å². The number of aromatic nitrogens is 2. The predicted octanol–water partition coefficient (Wildman–Crippen LogP) is 15.8. The Labute approximate surface area is 351 Å². The van der Waals surface area contributed by atoms with Crippen molar-refractivity contribution < 1.29 is 0 Å². The van der Waals surface area contributed by atoms with E-state index in [-0.39, 0.29) is 0 Å². The number of para-hydroxylation sites is 1. The van der Waals surface area contributed by atoms with Gasteiger partial charge in [-0.3, -0.25) is 0 Å². The third-order valence-electron chi connectivity index (χ3n) is 12.3. The highest BCUT2D eigenvalue weighted by Gasteiger charge is 2.32. The first-order valence-corrected chi connectivity index (χ1v) is 21.2. The maximum absolute atomic E-state index is 2.60. The third-order valence-corrected chi connectivity index (χ3v) is 12.3. The zero-order valence-electron chi connectivity index (χ0n) is 33.7. The number of fused-ring (bicyclic) bond motifs is 4. The normalized spacial score (nSPS) is 12.7. The maximum atomic E-state index is 2.60. The second kappa shape index (κ2) is 15.1. The molecule has 2 heteroatoms. The molecule has 0 bridgehead atoms. The Morgan fingerprint density at radius 2 is 0.883 bits per heavy atom. The van der Waals surface area contributed by atoms with Crippen LogP contribution in [0.4, 0.5) is 0 Å². The van der Waals surface area contributed by atoms with Crippen LogP contribution in [0.25, 0.3) is 99.7 Å². The summed E-state index contributed by atoms with van der Waals surface area (Å²) in [6.45, 7) is 3.15. The van der Waals surface area contributed by atoms with Gasteiger partial charge in [0.25, 0.3) is 0 Å². The average molecular weight is 769 g/mol. The minimum atomic E-state index is 0.901. The fourth-order valence-corrected chi connectivity index (χ4v) is 9.85. The van der Waals surface area contributed by atoms with Crippen LogP contribution in [0.3, 0.4) is 0 Å². The summed E-state index contributed by atoms with van der Waals surface area (Å²) in [7, 11) is 0. The molecule has 0 radical (unpaired) electrons. The number of hydrogen-bond acceptors (Lipinski definition) is 0. The maximum Gasteiger partial charge on any atom is 0.0620 e. The molecule has 0 N–H and O–H groups in total.